The first kappa shape index (κ1) is 24.2. The second kappa shape index (κ2) is 11.2. The van der Waals surface area contributed by atoms with Crippen molar-refractivity contribution in [3.05, 3.63) is 53.2 Å². The summed E-state index contributed by atoms with van der Waals surface area (Å²) in [6, 6.07) is 9.73. The molecule has 2 atom stereocenters. The first-order valence-corrected chi connectivity index (χ1v) is 9.25. The van der Waals surface area contributed by atoms with Gasteiger partial charge in [-0.15, -0.1) is 24.8 Å². The van der Waals surface area contributed by atoms with E-state index < -0.39 is 0 Å². The molecule has 5 nitrogen and oxygen atoms in total. The maximum absolute atomic E-state index is 12.4. The molecule has 0 unspecified atom stereocenters. The molecule has 1 saturated carbocycles. The molecule has 1 amide bonds. The van der Waals surface area contributed by atoms with Crippen molar-refractivity contribution in [1.29, 1.82) is 0 Å². The highest BCUT2D eigenvalue weighted by molar-refractivity contribution is 5.85. The largest absolute Gasteiger partial charge is 0.439 e. The normalized spacial score (nSPS) is 18.0. The van der Waals surface area contributed by atoms with Gasteiger partial charge in [0.25, 0.3) is 0 Å². The monoisotopic (exact) mass is 425 g/mol. The zero-order chi connectivity index (χ0) is 18.5. The molecule has 28 heavy (non-hydrogen) atoms. The number of carbonyl (C=O) groups excluding carboxylic acids is 1. The van der Waals surface area contributed by atoms with E-state index in [0.29, 0.717) is 24.9 Å². The summed E-state index contributed by atoms with van der Waals surface area (Å²) in [5.74, 6) is 1.80. The number of aromatic nitrogens is 1. The zero-order valence-electron chi connectivity index (χ0n) is 16.3. The average molecular weight is 426 g/mol. The van der Waals surface area contributed by atoms with Crippen LogP contribution in [0.3, 0.4) is 0 Å². The van der Waals surface area contributed by atoms with Gasteiger partial charge >= 0.3 is 0 Å². The van der Waals surface area contributed by atoms with Gasteiger partial charge in [0.15, 0.2) is 0 Å². The van der Waals surface area contributed by atoms with Crippen molar-refractivity contribution in [2.24, 2.45) is 17.6 Å². The van der Waals surface area contributed by atoms with Crippen LogP contribution in [-0.4, -0.2) is 17.4 Å². The quantitative estimate of drug-likeness (QED) is 0.721. The van der Waals surface area contributed by atoms with E-state index in [1.54, 1.807) is 6.20 Å². The summed E-state index contributed by atoms with van der Waals surface area (Å²) in [4.78, 5) is 16.7. The SMILES string of the molecule is Cc1cccc(Oc2cc(CNC(=O)[C@@H]3CCC[C@@H]3CN)ccn2)c1C.Cl.Cl. The Labute approximate surface area is 179 Å². The van der Waals surface area contributed by atoms with Gasteiger partial charge < -0.3 is 15.8 Å². The van der Waals surface area contributed by atoms with Crippen molar-refractivity contribution in [1.82, 2.24) is 10.3 Å². The van der Waals surface area contributed by atoms with E-state index in [2.05, 4.69) is 23.3 Å². The maximum Gasteiger partial charge on any atom is 0.223 e. The Morgan fingerprint density at radius 1 is 1.25 bits per heavy atom. The van der Waals surface area contributed by atoms with Crippen LogP contribution in [0.4, 0.5) is 0 Å². The van der Waals surface area contributed by atoms with Crippen LogP contribution in [0.5, 0.6) is 11.6 Å². The van der Waals surface area contributed by atoms with Gasteiger partial charge in [0.2, 0.25) is 11.8 Å². The van der Waals surface area contributed by atoms with Crippen molar-refractivity contribution >= 4 is 30.7 Å². The van der Waals surface area contributed by atoms with Crippen molar-refractivity contribution in [2.75, 3.05) is 6.54 Å². The van der Waals surface area contributed by atoms with E-state index in [9.17, 15) is 4.79 Å². The van der Waals surface area contributed by atoms with Gasteiger partial charge in [0.05, 0.1) is 0 Å². The first-order valence-electron chi connectivity index (χ1n) is 9.25. The van der Waals surface area contributed by atoms with Crippen LogP contribution in [0.1, 0.15) is 36.0 Å². The minimum absolute atomic E-state index is 0. The van der Waals surface area contributed by atoms with Crippen LogP contribution >= 0.6 is 24.8 Å². The molecule has 154 valence electrons. The molecule has 0 aliphatic heterocycles. The number of rotatable bonds is 6. The Morgan fingerprint density at radius 3 is 2.79 bits per heavy atom. The number of amides is 1. The zero-order valence-corrected chi connectivity index (χ0v) is 17.9. The molecule has 0 saturated heterocycles. The van der Waals surface area contributed by atoms with Gasteiger partial charge in [-0.05, 0) is 68.0 Å². The number of benzene rings is 1. The molecule has 7 heteroatoms. The Kier molecular flexibility index (Phi) is 9.73. The number of hydrogen-bond acceptors (Lipinski definition) is 4. The smallest absolute Gasteiger partial charge is 0.223 e. The van der Waals surface area contributed by atoms with E-state index >= 15 is 0 Å². The summed E-state index contributed by atoms with van der Waals surface area (Å²) < 4.78 is 5.93. The number of pyridine rings is 1. The molecule has 1 fully saturated rings. The lowest BCUT2D eigenvalue weighted by Gasteiger charge is -2.17. The van der Waals surface area contributed by atoms with Gasteiger partial charge in [0.1, 0.15) is 5.75 Å². The molecule has 1 aromatic heterocycles. The van der Waals surface area contributed by atoms with Crippen molar-refractivity contribution in [3.8, 4) is 11.6 Å². The number of aryl methyl sites for hydroxylation is 1. The highest BCUT2D eigenvalue weighted by Crippen LogP contribution is 2.31. The minimum atomic E-state index is 0. The number of ether oxygens (including phenoxy) is 1. The molecule has 0 radical (unpaired) electrons. The van der Waals surface area contributed by atoms with Gasteiger partial charge in [0, 0.05) is 24.7 Å². The number of nitrogens with two attached hydrogens (primary N) is 1. The van der Waals surface area contributed by atoms with Crippen LogP contribution < -0.4 is 15.8 Å². The standard InChI is InChI=1S/C21H27N3O2.2ClH/c1-14-5-3-8-19(15(14)2)26-20-11-16(9-10-23-20)13-24-21(25)18-7-4-6-17(18)12-22;;/h3,5,8-11,17-18H,4,6-7,12-13,22H2,1-2H3,(H,24,25);2*1H/t17-,18-;;/m1../s1. The lowest BCUT2D eigenvalue weighted by Crippen LogP contribution is -2.34. The fraction of sp³-hybridized carbons (Fsp3) is 0.429. The summed E-state index contributed by atoms with van der Waals surface area (Å²) >= 11 is 0. The Morgan fingerprint density at radius 2 is 2.04 bits per heavy atom. The topological polar surface area (TPSA) is 77.2 Å². The number of nitrogens with one attached hydrogen (secondary N) is 1. The van der Waals surface area contributed by atoms with E-state index in [1.165, 1.54) is 5.56 Å². The molecule has 2 aromatic rings. The second-order valence-corrected chi connectivity index (χ2v) is 7.05. The molecular weight excluding hydrogens is 397 g/mol. The fourth-order valence-corrected chi connectivity index (χ4v) is 3.55. The van der Waals surface area contributed by atoms with Gasteiger partial charge in [-0.2, -0.15) is 0 Å². The van der Waals surface area contributed by atoms with E-state index in [-0.39, 0.29) is 36.6 Å². The van der Waals surface area contributed by atoms with E-state index in [4.69, 9.17) is 10.5 Å². The van der Waals surface area contributed by atoms with Crippen LogP contribution in [0.25, 0.3) is 0 Å². The summed E-state index contributed by atoms with van der Waals surface area (Å²) in [6.45, 7) is 5.14. The Bertz CT molecular complexity index is 786. The molecule has 1 heterocycles. The number of nitrogens with zero attached hydrogens (tertiary/aromatic N) is 1. The summed E-state index contributed by atoms with van der Waals surface area (Å²) in [7, 11) is 0. The fourth-order valence-electron chi connectivity index (χ4n) is 3.55. The molecule has 3 rings (SSSR count). The molecular formula is C21H29Cl2N3O2. The Balaban J connectivity index is 0.00000196. The van der Waals surface area contributed by atoms with Crippen LogP contribution in [0.2, 0.25) is 0 Å². The van der Waals surface area contributed by atoms with Crippen molar-refractivity contribution in [3.63, 3.8) is 0 Å². The first-order chi connectivity index (χ1) is 12.6. The minimum Gasteiger partial charge on any atom is -0.439 e. The lowest BCUT2D eigenvalue weighted by atomic mass is 9.95. The number of hydrogen-bond donors (Lipinski definition) is 2. The third-order valence-corrected chi connectivity index (χ3v) is 5.33. The third kappa shape index (κ3) is 5.84. The average Bonchev–Trinajstić information content (AvgIpc) is 3.13. The predicted octanol–water partition coefficient (Wildman–Crippen LogP) is 4.33. The lowest BCUT2D eigenvalue weighted by molar-refractivity contribution is -0.126. The highest BCUT2D eigenvalue weighted by Gasteiger charge is 2.31. The molecule has 0 bridgehead atoms. The van der Waals surface area contributed by atoms with E-state index in [0.717, 1.165) is 36.1 Å². The van der Waals surface area contributed by atoms with Gasteiger partial charge in [-0.3, -0.25) is 4.79 Å². The third-order valence-electron chi connectivity index (χ3n) is 5.33. The van der Waals surface area contributed by atoms with Crippen LogP contribution in [0, 0.1) is 25.7 Å². The summed E-state index contributed by atoms with van der Waals surface area (Å²) in [5, 5.41) is 3.04. The van der Waals surface area contributed by atoms with Crippen molar-refractivity contribution < 1.29 is 9.53 Å². The molecule has 1 aliphatic carbocycles. The van der Waals surface area contributed by atoms with E-state index in [1.807, 2.05) is 31.2 Å². The molecule has 1 aliphatic rings. The van der Waals surface area contributed by atoms with Crippen LogP contribution in [-0.2, 0) is 11.3 Å². The van der Waals surface area contributed by atoms with Gasteiger partial charge in [-0.1, -0.05) is 18.6 Å². The van der Waals surface area contributed by atoms with Crippen LogP contribution in [0.15, 0.2) is 36.5 Å². The van der Waals surface area contributed by atoms with Gasteiger partial charge in [-0.25, -0.2) is 4.98 Å². The second-order valence-electron chi connectivity index (χ2n) is 7.05. The van der Waals surface area contributed by atoms with Crippen molar-refractivity contribution in [2.45, 2.75) is 39.7 Å². The molecule has 1 aromatic carbocycles. The summed E-state index contributed by atoms with van der Waals surface area (Å²) in [5.41, 5.74) is 9.03. The summed E-state index contributed by atoms with van der Waals surface area (Å²) in [6.07, 6.45) is 4.78. The number of halogens is 2. The Hall–Kier alpha value is -1.82. The maximum atomic E-state index is 12.4. The molecule has 0 spiro atoms. The predicted molar refractivity (Wildman–Crippen MR) is 116 cm³/mol. The number of carbonyl (C=O) groups is 1. The highest BCUT2D eigenvalue weighted by atomic mass is 35.5. The molecule has 3 N–H and O–H groups in total.